The second-order valence-corrected chi connectivity index (χ2v) is 5.37. The summed E-state index contributed by atoms with van der Waals surface area (Å²) in [5, 5.41) is 2.86. The van der Waals surface area contributed by atoms with E-state index < -0.39 is 0 Å². The molecule has 19 heavy (non-hydrogen) atoms. The van der Waals surface area contributed by atoms with Crippen LogP contribution >= 0.6 is 11.3 Å². The average molecular weight is 275 g/mol. The number of carbonyl (C=O) groups is 1. The van der Waals surface area contributed by atoms with Gasteiger partial charge in [-0.25, -0.2) is 4.98 Å². The van der Waals surface area contributed by atoms with Gasteiger partial charge in [-0.3, -0.25) is 4.79 Å². The molecular weight excluding hydrogens is 258 g/mol. The summed E-state index contributed by atoms with van der Waals surface area (Å²) in [7, 11) is 3.50. The van der Waals surface area contributed by atoms with Gasteiger partial charge in [-0.1, -0.05) is 18.2 Å². The summed E-state index contributed by atoms with van der Waals surface area (Å²) in [6.45, 7) is 0.519. The minimum Gasteiger partial charge on any atom is -0.348 e. The molecule has 0 unspecified atom stereocenters. The summed E-state index contributed by atoms with van der Waals surface area (Å²) in [5.41, 5.74) is 8.58. The number of aromatic nitrogens is 1. The third kappa shape index (κ3) is 3.39. The molecule has 4 nitrogen and oxygen atoms in total. The second kappa shape index (κ2) is 5.95. The van der Waals surface area contributed by atoms with Crippen molar-refractivity contribution in [1.29, 1.82) is 0 Å². The van der Waals surface area contributed by atoms with Crippen molar-refractivity contribution >= 4 is 17.2 Å². The highest BCUT2D eigenvalue weighted by Crippen LogP contribution is 2.24. The van der Waals surface area contributed by atoms with Crippen molar-refractivity contribution in [2.24, 2.45) is 5.73 Å². The zero-order valence-corrected chi connectivity index (χ0v) is 11.9. The van der Waals surface area contributed by atoms with Gasteiger partial charge in [0.2, 0.25) is 5.91 Å². The summed E-state index contributed by atoms with van der Waals surface area (Å²) in [6.07, 6.45) is 0.347. The third-order valence-corrected chi connectivity index (χ3v) is 3.73. The monoisotopic (exact) mass is 275 g/mol. The fraction of sp³-hybridized carbons (Fsp3) is 0.286. The molecule has 0 fully saturated rings. The van der Waals surface area contributed by atoms with Crippen molar-refractivity contribution in [2.45, 2.75) is 13.0 Å². The minimum atomic E-state index is 0.0626. The number of likely N-dealkylation sites (N-methyl/N-ethyl adjacent to an activating group) is 1. The van der Waals surface area contributed by atoms with Crippen LogP contribution in [0.2, 0.25) is 0 Å². The van der Waals surface area contributed by atoms with Gasteiger partial charge in [0.1, 0.15) is 5.01 Å². The van der Waals surface area contributed by atoms with Crippen LogP contribution in [0.15, 0.2) is 29.6 Å². The number of amides is 1. The molecule has 1 aromatic heterocycles. The van der Waals surface area contributed by atoms with Crippen LogP contribution in [0, 0.1) is 0 Å². The first-order chi connectivity index (χ1) is 9.10. The van der Waals surface area contributed by atoms with E-state index >= 15 is 0 Å². The smallest absolute Gasteiger partial charge is 0.228 e. The highest BCUT2D eigenvalue weighted by Gasteiger charge is 2.10. The first-order valence-corrected chi connectivity index (χ1v) is 6.92. The van der Waals surface area contributed by atoms with Crippen LogP contribution in [0.4, 0.5) is 0 Å². The highest BCUT2D eigenvalue weighted by molar-refractivity contribution is 7.13. The summed E-state index contributed by atoms with van der Waals surface area (Å²) in [6, 6.07) is 8.02. The Hall–Kier alpha value is -1.72. The molecule has 5 heteroatoms. The Bertz CT molecular complexity index is 578. The Morgan fingerprint density at radius 3 is 2.89 bits per heavy atom. The number of hydrogen-bond donors (Lipinski definition) is 1. The summed E-state index contributed by atoms with van der Waals surface area (Å²) < 4.78 is 0. The predicted molar refractivity (Wildman–Crippen MR) is 77.8 cm³/mol. The molecule has 0 bridgehead atoms. The van der Waals surface area contributed by atoms with Crippen molar-refractivity contribution in [2.75, 3.05) is 14.1 Å². The molecule has 0 aliphatic heterocycles. The van der Waals surface area contributed by atoms with E-state index in [1.54, 1.807) is 30.3 Å². The van der Waals surface area contributed by atoms with Crippen LogP contribution in [-0.2, 0) is 17.8 Å². The lowest BCUT2D eigenvalue weighted by Crippen LogP contribution is -2.23. The zero-order chi connectivity index (χ0) is 13.8. The van der Waals surface area contributed by atoms with Gasteiger partial charge in [-0.05, 0) is 11.6 Å². The maximum absolute atomic E-state index is 11.6. The normalized spacial score (nSPS) is 10.5. The quantitative estimate of drug-likeness (QED) is 0.927. The molecule has 2 N–H and O–H groups in total. The van der Waals surface area contributed by atoms with Gasteiger partial charge in [0, 0.05) is 31.6 Å². The second-order valence-electron chi connectivity index (χ2n) is 4.51. The van der Waals surface area contributed by atoms with E-state index in [9.17, 15) is 4.79 Å². The molecule has 0 saturated heterocycles. The standard InChI is InChI=1S/C14H17N3OS/c1-17(2)13(18)7-12-9-19-14(16-12)11-5-3-4-10(6-11)8-15/h3-6,9H,7-8,15H2,1-2H3. The van der Waals surface area contributed by atoms with Crippen LogP contribution in [-0.4, -0.2) is 29.9 Å². The SMILES string of the molecule is CN(C)C(=O)Cc1csc(-c2cccc(CN)c2)n1. The minimum absolute atomic E-state index is 0.0626. The maximum Gasteiger partial charge on any atom is 0.228 e. The zero-order valence-electron chi connectivity index (χ0n) is 11.1. The third-order valence-electron chi connectivity index (χ3n) is 2.79. The van der Waals surface area contributed by atoms with Gasteiger partial charge in [-0.15, -0.1) is 11.3 Å². The van der Waals surface area contributed by atoms with Gasteiger partial charge >= 0.3 is 0 Å². The van der Waals surface area contributed by atoms with Crippen molar-refractivity contribution in [3.05, 3.63) is 40.9 Å². The average Bonchev–Trinajstić information content (AvgIpc) is 2.87. The van der Waals surface area contributed by atoms with Crippen molar-refractivity contribution in [1.82, 2.24) is 9.88 Å². The predicted octanol–water partition coefficient (Wildman–Crippen LogP) is 1.90. The maximum atomic E-state index is 11.6. The Balaban J connectivity index is 2.18. The van der Waals surface area contributed by atoms with E-state index in [0.717, 1.165) is 21.8 Å². The van der Waals surface area contributed by atoms with Crippen LogP contribution < -0.4 is 5.73 Å². The molecule has 0 spiro atoms. The Kier molecular flexibility index (Phi) is 4.29. The molecule has 2 rings (SSSR count). The molecule has 0 radical (unpaired) electrons. The molecule has 0 aliphatic rings. The number of benzene rings is 1. The van der Waals surface area contributed by atoms with Crippen LogP contribution in [0.5, 0.6) is 0 Å². The topological polar surface area (TPSA) is 59.2 Å². The van der Waals surface area contributed by atoms with E-state index in [-0.39, 0.29) is 5.91 Å². The van der Waals surface area contributed by atoms with Crippen LogP contribution in [0.3, 0.4) is 0 Å². The number of rotatable bonds is 4. The van der Waals surface area contributed by atoms with Gasteiger partial charge < -0.3 is 10.6 Å². The van der Waals surface area contributed by atoms with E-state index in [0.29, 0.717) is 13.0 Å². The number of hydrogen-bond acceptors (Lipinski definition) is 4. The summed E-state index contributed by atoms with van der Waals surface area (Å²) in [5.74, 6) is 0.0626. The summed E-state index contributed by atoms with van der Waals surface area (Å²) >= 11 is 1.55. The highest BCUT2D eigenvalue weighted by atomic mass is 32.1. The molecule has 0 aliphatic carbocycles. The van der Waals surface area contributed by atoms with Gasteiger partial charge in [0.25, 0.3) is 0 Å². The first kappa shape index (κ1) is 13.7. The fourth-order valence-electron chi connectivity index (χ4n) is 1.67. The lowest BCUT2D eigenvalue weighted by Gasteiger charge is -2.07. The lowest BCUT2D eigenvalue weighted by atomic mass is 10.1. The molecule has 0 saturated carbocycles. The number of carbonyl (C=O) groups excluding carboxylic acids is 1. The van der Waals surface area contributed by atoms with Crippen molar-refractivity contribution in [3.8, 4) is 10.6 Å². The molecule has 2 aromatic rings. The van der Waals surface area contributed by atoms with Crippen LogP contribution in [0.25, 0.3) is 10.6 Å². The molecule has 1 heterocycles. The fourth-order valence-corrected chi connectivity index (χ4v) is 2.48. The summed E-state index contributed by atoms with van der Waals surface area (Å²) in [4.78, 5) is 17.7. The van der Waals surface area contributed by atoms with E-state index in [1.807, 2.05) is 29.6 Å². The van der Waals surface area contributed by atoms with Gasteiger partial charge in [0.15, 0.2) is 0 Å². The molecule has 0 atom stereocenters. The Morgan fingerprint density at radius 1 is 1.42 bits per heavy atom. The van der Waals surface area contributed by atoms with Crippen LogP contribution in [0.1, 0.15) is 11.3 Å². The lowest BCUT2D eigenvalue weighted by molar-refractivity contribution is -0.128. The van der Waals surface area contributed by atoms with E-state index in [1.165, 1.54) is 0 Å². The van der Waals surface area contributed by atoms with Crippen molar-refractivity contribution in [3.63, 3.8) is 0 Å². The van der Waals surface area contributed by atoms with E-state index in [2.05, 4.69) is 4.98 Å². The van der Waals surface area contributed by atoms with Gasteiger partial charge in [0.05, 0.1) is 12.1 Å². The largest absolute Gasteiger partial charge is 0.348 e. The first-order valence-electron chi connectivity index (χ1n) is 6.04. The number of thiazole rings is 1. The number of nitrogens with two attached hydrogens (primary N) is 1. The van der Waals surface area contributed by atoms with Gasteiger partial charge in [-0.2, -0.15) is 0 Å². The van der Waals surface area contributed by atoms with Crippen molar-refractivity contribution < 1.29 is 4.79 Å². The Morgan fingerprint density at radius 2 is 2.21 bits per heavy atom. The Labute approximate surface area is 116 Å². The molecular formula is C14H17N3OS. The molecule has 1 amide bonds. The van der Waals surface area contributed by atoms with E-state index in [4.69, 9.17) is 5.73 Å². The number of nitrogens with zero attached hydrogens (tertiary/aromatic N) is 2. The molecule has 1 aromatic carbocycles. The molecule has 100 valence electrons.